The summed E-state index contributed by atoms with van der Waals surface area (Å²) in [6, 6.07) is 12.1. The van der Waals surface area contributed by atoms with Crippen LogP contribution < -0.4 is 5.63 Å². The van der Waals surface area contributed by atoms with E-state index < -0.39 is 11.4 Å². The number of hydrogen-bond donors (Lipinski definition) is 1. The molecule has 0 bridgehead atoms. The maximum atomic E-state index is 12.8. The molecule has 0 fully saturated rings. The standard InChI is InChI=1S/C16H10FNO3/c17-11-7-5-10(6-8-11)14(19)9-13-16(20)21-15-4-2-1-3-12(15)18-13/h1-9,19H. The molecule has 104 valence electrons. The van der Waals surface area contributed by atoms with Crippen LogP contribution in [0.3, 0.4) is 0 Å². The Kier molecular flexibility index (Phi) is 3.23. The van der Waals surface area contributed by atoms with Crippen LogP contribution >= 0.6 is 0 Å². The summed E-state index contributed by atoms with van der Waals surface area (Å²) in [5, 5.41) is 9.98. The van der Waals surface area contributed by atoms with Gasteiger partial charge in [-0.3, -0.25) is 0 Å². The van der Waals surface area contributed by atoms with Crippen LogP contribution in [0.15, 0.2) is 57.7 Å². The van der Waals surface area contributed by atoms with Crippen molar-refractivity contribution in [3.8, 4) is 0 Å². The molecule has 2 aromatic carbocycles. The van der Waals surface area contributed by atoms with Crippen molar-refractivity contribution >= 4 is 22.9 Å². The van der Waals surface area contributed by atoms with Crippen molar-refractivity contribution in [1.82, 2.24) is 4.98 Å². The second kappa shape index (κ2) is 5.20. The zero-order valence-corrected chi connectivity index (χ0v) is 10.8. The van der Waals surface area contributed by atoms with Crippen LogP contribution in [0.1, 0.15) is 11.3 Å². The first kappa shape index (κ1) is 13.1. The van der Waals surface area contributed by atoms with Gasteiger partial charge in [0.1, 0.15) is 17.1 Å². The van der Waals surface area contributed by atoms with Gasteiger partial charge in [0.05, 0.1) is 0 Å². The molecule has 3 aromatic rings. The maximum Gasteiger partial charge on any atom is 0.362 e. The predicted octanol–water partition coefficient (Wildman–Crippen LogP) is 3.38. The SMILES string of the molecule is O=c1oc2ccccc2nc1C=C(O)c1ccc(F)cc1. The Labute approximate surface area is 118 Å². The molecule has 0 radical (unpaired) electrons. The second-order valence-corrected chi connectivity index (χ2v) is 4.39. The molecule has 0 atom stereocenters. The highest BCUT2D eigenvalue weighted by molar-refractivity contribution is 5.77. The minimum absolute atomic E-state index is 0.0180. The van der Waals surface area contributed by atoms with Crippen molar-refractivity contribution in [2.24, 2.45) is 0 Å². The van der Waals surface area contributed by atoms with Gasteiger partial charge in [-0.15, -0.1) is 0 Å². The number of nitrogens with zero attached hydrogens (tertiary/aromatic N) is 1. The number of aliphatic hydroxyl groups excluding tert-OH is 1. The van der Waals surface area contributed by atoms with Gasteiger partial charge in [-0.05, 0) is 36.4 Å². The zero-order valence-electron chi connectivity index (χ0n) is 10.8. The average Bonchev–Trinajstić information content (AvgIpc) is 2.48. The lowest BCUT2D eigenvalue weighted by Crippen LogP contribution is -2.06. The second-order valence-electron chi connectivity index (χ2n) is 4.39. The fraction of sp³-hybridized carbons (Fsp3) is 0. The first-order valence-electron chi connectivity index (χ1n) is 6.20. The monoisotopic (exact) mass is 283 g/mol. The zero-order chi connectivity index (χ0) is 14.8. The van der Waals surface area contributed by atoms with Crippen molar-refractivity contribution in [3.05, 3.63) is 76.0 Å². The molecule has 0 aliphatic rings. The molecule has 0 spiro atoms. The minimum Gasteiger partial charge on any atom is -0.507 e. The number of fused-ring (bicyclic) bond motifs is 1. The van der Waals surface area contributed by atoms with E-state index in [1.165, 1.54) is 30.3 Å². The third kappa shape index (κ3) is 2.67. The van der Waals surface area contributed by atoms with Crippen LogP contribution in [-0.4, -0.2) is 10.1 Å². The Bertz CT molecular complexity index is 882. The van der Waals surface area contributed by atoms with Gasteiger partial charge >= 0.3 is 5.63 Å². The lowest BCUT2D eigenvalue weighted by Gasteiger charge is -2.01. The van der Waals surface area contributed by atoms with Crippen molar-refractivity contribution in [1.29, 1.82) is 0 Å². The quantitative estimate of drug-likeness (QED) is 0.732. The van der Waals surface area contributed by atoms with Crippen LogP contribution in [0.2, 0.25) is 0 Å². The summed E-state index contributed by atoms with van der Waals surface area (Å²) in [6.45, 7) is 0. The molecule has 21 heavy (non-hydrogen) atoms. The van der Waals surface area contributed by atoms with E-state index in [1.54, 1.807) is 24.3 Å². The Morgan fingerprint density at radius 3 is 2.62 bits per heavy atom. The molecule has 1 aromatic heterocycles. The highest BCUT2D eigenvalue weighted by Gasteiger charge is 2.07. The van der Waals surface area contributed by atoms with Crippen molar-refractivity contribution in [2.75, 3.05) is 0 Å². The third-order valence-electron chi connectivity index (χ3n) is 2.93. The van der Waals surface area contributed by atoms with Gasteiger partial charge in [-0.1, -0.05) is 12.1 Å². The number of hydrogen-bond acceptors (Lipinski definition) is 4. The Hall–Kier alpha value is -2.95. The van der Waals surface area contributed by atoms with E-state index >= 15 is 0 Å². The normalized spacial score (nSPS) is 11.8. The fourth-order valence-corrected chi connectivity index (χ4v) is 1.89. The topological polar surface area (TPSA) is 63.3 Å². The summed E-state index contributed by atoms with van der Waals surface area (Å²) >= 11 is 0. The fourth-order valence-electron chi connectivity index (χ4n) is 1.89. The number of para-hydroxylation sites is 2. The van der Waals surface area contributed by atoms with Crippen LogP contribution in [0.4, 0.5) is 4.39 Å². The van der Waals surface area contributed by atoms with Crippen molar-refractivity contribution in [2.45, 2.75) is 0 Å². The molecule has 0 saturated carbocycles. The van der Waals surface area contributed by atoms with Gasteiger partial charge in [0.15, 0.2) is 11.3 Å². The molecule has 4 nitrogen and oxygen atoms in total. The smallest absolute Gasteiger partial charge is 0.362 e. The number of aromatic nitrogens is 1. The van der Waals surface area contributed by atoms with E-state index in [0.717, 1.165) is 0 Å². The number of halogens is 1. The average molecular weight is 283 g/mol. The largest absolute Gasteiger partial charge is 0.507 e. The van der Waals surface area contributed by atoms with Crippen LogP contribution in [0.5, 0.6) is 0 Å². The first-order chi connectivity index (χ1) is 10.1. The van der Waals surface area contributed by atoms with Crippen LogP contribution in [-0.2, 0) is 0 Å². The van der Waals surface area contributed by atoms with Crippen molar-refractivity contribution < 1.29 is 13.9 Å². The van der Waals surface area contributed by atoms with E-state index in [-0.39, 0.29) is 11.5 Å². The molecule has 0 amide bonds. The lowest BCUT2D eigenvalue weighted by molar-refractivity contribution is 0.513. The van der Waals surface area contributed by atoms with Gasteiger partial charge in [-0.25, -0.2) is 14.2 Å². The highest BCUT2D eigenvalue weighted by atomic mass is 19.1. The minimum atomic E-state index is -0.651. The van der Waals surface area contributed by atoms with Crippen LogP contribution in [0, 0.1) is 5.82 Å². The van der Waals surface area contributed by atoms with E-state index in [0.29, 0.717) is 16.7 Å². The van der Waals surface area contributed by atoms with Gasteiger partial charge in [0.25, 0.3) is 0 Å². The summed E-state index contributed by atoms with van der Waals surface area (Å²) in [7, 11) is 0. The van der Waals surface area contributed by atoms with Gasteiger partial charge in [0, 0.05) is 11.6 Å². The first-order valence-corrected chi connectivity index (χ1v) is 6.20. The molecule has 5 heteroatoms. The molecule has 1 N–H and O–H groups in total. The molecule has 0 saturated heterocycles. The maximum absolute atomic E-state index is 12.8. The third-order valence-corrected chi connectivity index (χ3v) is 2.93. The predicted molar refractivity (Wildman–Crippen MR) is 77.2 cm³/mol. The summed E-state index contributed by atoms with van der Waals surface area (Å²) < 4.78 is 18.0. The van der Waals surface area contributed by atoms with E-state index in [2.05, 4.69) is 4.98 Å². The van der Waals surface area contributed by atoms with E-state index in [1.807, 2.05) is 0 Å². The summed E-state index contributed by atoms with van der Waals surface area (Å²) in [4.78, 5) is 16.0. The molecular formula is C16H10FNO3. The van der Waals surface area contributed by atoms with Crippen LogP contribution in [0.25, 0.3) is 22.9 Å². The van der Waals surface area contributed by atoms with Gasteiger partial charge in [0.2, 0.25) is 0 Å². The number of benzene rings is 2. The number of aliphatic hydroxyl groups is 1. The van der Waals surface area contributed by atoms with Crippen molar-refractivity contribution in [3.63, 3.8) is 0 Å². The summed E-state index contributed by atoms with van der Waals surface area (Å²) in [6.07, 6.45) is 1.20. The molecule has 0 aliphatic heterocycles. The van der Waals surface area contributed by atoms with E-state index in [4.69, 9.17) is 4.42 Å². The molecule has 0 unspecified atom stereocenters. The number of rotatable bonds is 2. The Balaban J connectivity index is 2.07. The molecule has 1 heterocycles. The lowest BCUT2D eigenvalue weighted by atomic mass is 10.1. The van der Waals surface area contributed by atoms with E-state index in [9.17, 15) is 14.3 Å². The summed E-state index contributed by atoms with van der Waals surface area (Å²) in [5.41, 5.74) is 0.597. The highest BCUT2D eigenvalue weighted by Crippen LogP contribution is 2.15. The van der Waals surface area contributed by atoms with Gasteiger partial charge < -0.3 is 9.52 Å². The Morgan fingerprint density at radius 2 is 1.86 bits per heavy atom. The van der Waals surface area contributed by atoms with Gasteiger partial charge in [-0.2, -0.15) is 0 Å². The Morgan fingerprint density at radius 1 is 1.14 bits per heavy atom. The molecular weight excluding hydrogens is 273 g/mol. The molecule has 3 rings (SSSR count). The molecule has 0 aliphatic carbocycles. The summed E-state index contributed by atoms with van der Waals surface area (Å²) in [5.74, 6) is -0.597.